The number of allylic oxidation sites excluding steroid dienone is 6. The Hall–Kier alpha value is -1.67. The first kappa shape index (κ1) is 63.3. The summed E-state index contributed by atoms with van der Waals surface area (Å²) in [6, 6.07) is -1.19. The van der Waals surface area contributed by atoms with Gasteiger partial charge in [0.25, 0.3) is 0 Å². The van der Waals surface area contributed by atoms with Gasteiger partial charge in [-0.2, -0.15) is 0 Å². The minimum atomic E-state index is -1.67. The van der Waals surface area contributed by atoms with E-state index in [9.17, 15) is 40.5 Å². The molecule has 0 spiro atoms. The minimum absolute atomic E-state index is 0.244. The van der Waals surface area contributed by atoms with Crippen LogP contribution in [0.1, 0.15) is 245 Å². The summed E-state index contributed by atoms with van der Waals surface area (Å²) in [6.45, 7) is 3.45. The van der Waals surface area contributed by atoms with Crippen LogP contribution in [0.3, 0.4) is 0 Å². The van der Waals surface area contributed by atoms with Crippen LogP contribution in [0, 0.1) is 0 Å². The maximum atomic E-state index is 13.2. The van der Waals surface area contributed by atoms with Crippen molar-refractivity contribution in [3.8, 4) is 0 Å². The fourth-order valence-electron chi connectivity index (χ4n) is 8.81. The van der Waals surface area contributed by atoms with Gasteiger partial charge >= 0.3 is 0 Å². The summed E-state index contributed by atoms with van der Waals surface area (Å²) in [5.74, 6) is -0.714. The number of aliphatic hydroxyl groups excluding tert-OH is 7. The first-order valence-electron chi connectivity index (χ1n) is 27.9. The van der Waals surface area contributed by atoms with Crippen molar-refractivity contribution >= 4 is 5.91 Å². The number of aliphatic hydroxyl groups is 7. The summed E-state index contributed by atoms with van der Waals surface area (Å²) < 4.78 is 11.1. The van der Waals surface area contributed by atoms with Crippen LogP contribution in [-0.2, 0) is 14.3 Å². The Bertz CT molecular complexity index is 1180. The van der Waals surface area contributed by atoms with Crippen molar-refractivity contribution in [2.75, 3.05) is 13.2 Å². The van der Waals surface area contributed by atoms with Crippen molar-refractivity contribution in [1.29, 1.82) is 0 Å². The lowest BCUT2D eigenvalue weighted by Crippen LogP contribution is -2.60. The number of nitrogens with one attached hydrogen (secondary N) is 1. The van der Waals surface area contributed by atoms with Crippen LogP contribution in [0.4, 0.5) is 0 Å². The third-order valence-corrected chi connectivity index (χ3v) is 13.4. The van der Waals surface area contributed by atoms with Crippen LogP contribution in [0.25, 0.3) is 0 Å². The highest BCUT2D eigenvalue weighted by molar-refractivity contribution is 5.80. The van der Waals surface area contributed by atoms with Crippen LogP contribution < -0.4 is 5.32 Å². The highest BCUT2D eigenvalue weighted by Crippen LogP contribution is 2.23. The van der Waals surface area contributed by atoms with Gasteiger partial charge in [0, 0.05) is 0 Å². The predicted octanol–water partition coefficient (Wildman–Crippen LogP) is 11.1. The third kappa shape index (κ3) is 34.3. The number of ether oxygens (including phenoxy) is 2. The largest absolute Gasteiger partial charge is 0.394 e. The fourth-order valence-corrected chi connectivity index (χ4v) is 8.81. The molecule has 1 rings (SSSR count). The van der Waals surface area contributed by atoms with Crippen molar-refractivity contribution in [2.24, 2.45) is 0 Å². The quantitative estimate of drug-likeness (QED) is 0.0215. The van der Waals surface area contributed by atoms with E-state index >= 15 is 0 Å². The van der Waals surface area contributed by atoms with Gasteiger partial charge in [0.2, 0.25) is 5.91 Å². The van der Waals surface area contributed by atoms with Crippen molar-refractivity contribution in [2.45, 2.75) is 300 Å². The Labute approximate surface area is 409 Å². The Morgan fingerprint density at radius 1 is 0.507 bits per heavy atom. The highest BCUT2D eigenvalue weighted by atomic mass is 16.7. The summed E-state index contributed by atoms with van der Waals surface area (Å²) in [4.78, 5) is 13.2. The molecule has 8 N–H and O–H groups in total. The standard InChI is InChI=1S/C56H105NO10/c1-3-5-7-9-11-13-15-17-19-21-23-24-26-28-30-32-34-36-38-40-42-44-49(60)55(65)57-47(46-66-56-54(64)53(63)52(62)50(45-58)67-56)51(61)48(59)43-41-39-37-35-33-31-29-27-25-22-20-18-16-14-12-10-8-6-4-2/h26-29,35,37,47-54,56,58-64H,3-25,30-34,36,38-46H2,1-2H3,(H,57,65)/b28-26-,29-27+,37-35+. The summed E-state index contributed by atoms with van der Waals surface area (Å²) in [5, 5.41) is 76.0. The molecule has 9 unspecified atom stereocenters. The molecule has 1 saturated heterocycles. The van der Waals surface area contributed by atoms with Crippen molar-refractivity contribution < 1.29 is 50.0 Å². The molecule has 1 amide bonds. The zero-order valence-corrected chi connectivity index (χ0v) is 42.9. The molecule has 11 heteroatoms. The number of carbonyl (C=O) groups is 1. The number of rotatable bonds is 47. The molecule has 1 aliphatic heterocycles. The van der Waals surface area contributed by atoms with Gasteiger partial charge in [0.05, 0.1) is 25.4 Å². The number of unbranched alkanes of at least 4 members (excludes halogenated alkanes) is 29. The van der Waals surface area contributed by atoms with E-state index in [1.165, 1.54) is 141 Å². The molecule has 0 aromatic carbocycles. The summed E-state index contributed by atoms with van der Waals surface area (Å²) >= 11 is 0. The van der Waals surface area contributed by atoms with E-state index in [-0.39, 0.29) is 12.8 Å². The third-order valence-electron chi connectivity index (χ3n) is 13.4. The topological polar surface area (TPSA) is 189 Å². The first-order chi connectivity index (χ1) is 32.7. The van der Waals surface area contributed by atoms with E-state index in [0.717, 1.165) is 57.8 Å². The van der Waals surface area contributed by atoms with E-state index in [1.807, 2.05) is 0 Å². The molecule has 0 aromatic rings. The second-order valence-corrected chi connectivity index (χ2v) is 19.6. The van der Waals surface area contributed by atoms with Gasteiger partial charge in [-0.1, -0.05) is 204 Å². The zero-order chi connectivity index (χ0) is 49.0. The van der Waals surface area contributed by atoms with Crippen LogP contribution in [0.15, 0.2) is 36.5 Å². The number of carbonyl (C=O) groups excluding carboxylic acids is 1. The Morgan fingerprint density at radius 3 is 1.33 bits per heavy atom. The summed E-state index contributed by atoms with van der Waals surface area (Å²) in [7, 11) is 0. The molecule has 11 nitrogen and oxygen atoms in total. The van der Waals surface area contributed by atoms with Crippen LogP contribution in [0.2, 0.25) is 0 Å². The maximum Gasteiger partial charge on any atom is 0.249 e. The van der Waals surface area contributed by atoms with Crippen molar-refractivity contribution in [3.05, 3.63) is 36.5 Å². The Kier molecular flexibility index (Phi) is 43.0. The molecule has 394 valence electrons. The molecule has 1 heterocycles. The smallest absolute Gasteiger partial charge is 0.249 e. The van der Waals surface area contributed by atoms with Crippen molar-refractivity contribution in [3.63, 3.8) is 0 Å². The summed E-state index contributed by atoms with van der Waals surface area (Å²) in [6.07, 6.45) is 43.4. The number of hydrogen-bond acceptors (Lipinski definition) is 10. The maximum absolute atomic E-state index is 13.2. The molecule has 9 atom stereocenters. The number of amides is 1. The van der Waals surface area contributed by atoms with Gasteiger partial charge in [0.1, 0.15) is 36.6 Å². The van der Waals surface area contributed by atoms with Gasteiger partial charge in [-0.3, -0.25) is 4.79 Å². The molecule has 0 aliphatic carbocycles. The second kappa shape index (κ2) is 45.5. The zero-order valence-electron chi connectivity index (χ0n) is 42.9. The van der Waals surface area contributed by atoms with E-state index < -0.39 is 74.2 Å². The van der Waals surface area contributed by atoms with Gasteiger partial charge in [-0.15, -0.1) is 0 Å². The molecule has 0 radical (unpaired) electrons. The molecule has 67 heavy (non-hydrogen) atoms. The monoisotopic (exact) mass is 952 g/mol. The molecule has 0 saturated carbocycles. The van der Waals surface area contributed by atoms with Crippen LogP contribution in [-0.4, -0.2) is 110 Å². The molecule has 0 bridgehead atoms. The predicted molar refractivity (Wildman–Crippen MR) is 275 cm³/mol. The molecular formula is C56H105NO10. The lowest BCUT2D eigenvalue weighted by atomic mass is 9.98. The van der Waals surface area contributed by atoms with Crippen molar-refractivity contribution in [1.82, 2.24) is 5.32 Å². The fraction of sp³-hybridized carbons (Fsp3) is 0.875. The SMILES string of the molecule is CCCCCCCCCCCC/C=C/CC/C=C/CCCC(O)C(O)C(COC1OC(CO)C(O)C(O)C1O)NC(=O)C(O)CCCCCCCC/C=C\CCCCCCCCCCCCC. The summed E-state index contributed by atoms with van der Waals surface area (Å²) in [5.41, 5.74) is 0. The van der Waals surface area contributed by atoms with Crippen LogP contribution >= 0.6 is 0 Å². The van der Waals surface area contributed by atoms with Gasteiger partial charge in [-0.25, -0.2) is 0 Å². The van der Waals surface area contributed by atoms with E-state index in [1.54, 1.807) is 0 Å². The number of hydrogen-bond donors (Lipinski definition) is 8. The van der Waals surface area contributed by atoms with Gasteiger partial charge < -0.3 is 50.5 Å². The molecule has 0 aromatic heterocycles. The lowest BCUT2D eigenvalue weighted by molar-refractivity contribution is -0.303. The van der Waals surface area contributed by atoms with Gasteiger partial charge in [0.15, 0.2) is 6.29 Å². The normalized spacial score (nSPS) is 20.9. The van der Waals surface area contributed by atoms with Gasteiger partial charge in [-0.05, 0) is 77.0 Å². The van der Waals surface area contributed by atoms with E-state index in [2.05, 4.69) is 55.6 Å². The minimum Gasteiger partial charge on any atom is -0.394 e. The van der Waals surface area contributed by atoms with E-state index in [0.29, 0.717) is 19.3 Å². The first-order valence-corrected chi connectivity index (χ1v) is 27.9. The van der Waals surface area contributed by atoms with Crippen LogP contribution in [0.5, 0.6) is 0 Å². The lowest BCUT2D eigenvalue weighted by Gasteiger charge is -2.40. The molecular weight excluding hydrogens is 847 g/mol. The average Bonchev–Trinajstić information content (AvgIpc) is 3.33. The Balaban J connectivity index is 2.38. The van der Waals surface area contributed by atoms with E-state index in [4.69, 9.17) is 9.47 Å². The highest BCUT2D eigenvalue weighted by Gasteiger charge is 2.44. The molecule has 1 fully saturated rings. The molecule has 1 aliphatic rings. The second-order valence-electron chi connectivity index (χ2n) is 19.6. The average molecular weight is 952 g/mol. The Morgan fingerprint density at radius 2 is 0.896 bits per heavy atom.